The van der Waals surface area contributed by atoms with Gasteiger partial charge in [-0.1, -0.05) is 68.9 Å². The average Bonchev–Trinajstić information content (AvgIpc) is 2.58. The first-order valence-corrected chi connectivity index (χ1v) is 9.85. The summed E-state index contributed by atoms with van der Waals surface area (Å²) in [5.41, 5.74) is 1.30. The van der Waals surface area contributed by atoms with Crippen molar-refractivity contribution in [3.05, 3.63) is 42.0 Å². The maximum absolute atomic E-state index is 5.75. The first-order valence-electron chi connectivity index (χ1n) is 9.85. The van der Waals surface area contributed by atoms with E-state index in [1.54, 1.807) is 7.11 Å². The highest BCUT2D eigenvalue weighted by molar-refractivity contribution is 5.84. The Labute approximate surface area is 153 Å². The van der Waals surface area contributed by atoms with Crippen LogP contribution in [0.3, 0.4) is 0 Å². The highest BCUT2D eigenvalue weighted by Gasteiger charge is 2.15. The lowest BCUT2D eigenvalue weighted by Gasteiger charge is -2.24. The summed E-state index contributed by atoms with van der Waals surface area (Å²) in [7, 11) is 1.78. The number of ether oxygens (including phenoxy) is 2. The molecule has 0 bridgehead atoms. The predicted molar refractivity (Wildman–Crippen MR) is 108 cm³/mol. The average molecular weight is 343 g/mol. The van der Waals surface area contributed by atoms with E-state index < -0.39 is 0 Å². The largest absolute Gasteiger partial charge is 0.494 e. The molecule has 1 aliphatic rings. The van der Waals surface area contributed by atoms with Gasteiger partial charge in [0.15, 0.2) is 0 Å². The first-order chi connectivity index (χ1) is 12.2. The van der Waals surface area contributed by atoms with Crippen molar-refractivity contribution < 1.29 is 9.47 Å². The molecule has 0 unspecified atom stereocenters. The summed E-state index contributed by atoms with van der Waals surface area (Å²) in [6.07, 6.45) is 9.26. The van der Waals surface area contributed by atoms with Crippen molar-refractivity contribution in [2.75, 3.05) is 20.3 Å². The molecule has 2 aromatic carbocycles. The molecule has 0 radical (unpaired) electrons. The minimum absolute atomic E-state index is 0.825. The molecular formula is C23H34O2. The maximum atomic E-state index is 5.75. The molecule has 0 heterocycles. The Balaban J connectivity index is 0.000000236. The van der Waals surface area contributed by atoms with Crippen LogP contribution in [0.5, 0.6) is 5.75 Å². The Morgan fingerprint density at radius 1 is 0.960 bits per heavy atom. The van der Waals surface area contributed by atoms with Crippen LogP contribution >= 0.6 is 0 Å². The fourth-order valence-electron chi connectivity index (χ4n) is 3.04. The number of methoxy groups -OCH3 is 1. The number of unbranched alkanes of at least 4 members (excludes halogenated alkanes) is 2. The number of hydrogen-bond acceptors (Lipinski definition) is 2. The van der Waals surface area contributed by atoms with Crippen LogP contribution < -0.4 is 4.74 Å². The standard InChI is InChI=1S/C16H20O.C7H14O/c1-3-4-5-10-17-16-9-8-14-11-13(2)6-7-15(14)12-16;1-8-6-5-7-3-2-4-7/h6-9,11-12H,3-5,10H2,1-2H3;7H,2-6H2,1H3. The van der Waals surface area contributed by atoms with Gasteiger partial charge in [0, 0.05) is 13.7 Å². The fourth-order valence-corrected chi connectivity index (χ4v) is 3.04. The second-order valence-corrected chi connectivity index (χ2v) is 7.15. The van der Waals surface area contributed by atoms with E-state index in [0.29, 0.717) is 0 Å². The molecule has 0 atom stereocenters. The van der Waals surface area contributed by atoms with Gasteiger partial charge in [-0.25, -0.2) is 0 Å². The van der Waals surface area contributed by atoms with E-state index in [9.17, 15) is 0 Å². The number of benzene rings is 2. The van der Waals surface area contributed by atoms with Gasteiger partial charge in [0.1, 0.15) is 5.75 Å². The van der Waals surface area contributed by atoms with Crippen molar-refractivity contribution in [3.63, 3.8) is 0 Å². The Morgan fingerprint density at radius 3 is 2.40 bits per heavy atom. The summed E-state index contributed by atoms with van der Waals surface area (Å²) in [4.78, 5) is 0. The van der Waals surface area contributed by atoms with E-state index in [2.05, 4.69) is 50.2 Å². The smallest absolute Gasteiger partial charge is 0.119 e. The van der Waals surface area contributed by atoms with E-state index in [4.69, 9.17) is 9.47 Å². The Bertz CT molecular complexity index is 617. The number of aryl methyl sites for hydroxylation is 1. The normalized spacial score (nSPS) is 13.9. The molecule has 0 saturated heterocycles. The van der Waals surface area contributed by atoms with Crippen LogP contribution in [0, 0.1) is 12.8 Å². The lowest BCUT2D eigenvalue weighted by atomic mass is 9.83. The van der Waals surface area contributed by atoms with Gasteiger partial charge < -0.3 is 9.47 Å². The zero-order valence-electron chi connectivity index (χ0n) is 16.2. The van der Waals surface area contributed by atoms with Crippen LogP contribution in [-0.4, -0.2) is 20.3 Å². The van der Waals surface area contributed by atoms with Gasteiger partial charge in [-0.15, -0.1) is 0 Å². The minimum atomic E-state index is 0.825. The quantitative estimate of drug-likeness (QED) is 0.507. The van der Waals surface area contributed by atoms with Crippen LogP contribution in [0.25, 0.3) is 10.8 Å². The molecule has 138 valence electrons. The highest BCUT2D eigenvalue weighted by Crippen LogP contribution is 2.28. The second kappa shape index (κ2) is 11.1. The lowest BCUT2D eigenvalue weighted by molar-refractivity contribution is 0.154. The van der Waals surface area contributed by atoms with Gasteiger partial charge in [0.25, 0.3) is 0 Å². The summed E-state index contributed by atoms with van der Waals surface area (Å²) in [5.74, 6) is 1.99. The molecule has 0 spiro atoms. The van der Waals surface area contributed by atoms with Crippen molar-refractivity contribution in [1.29, 1.82) is 0 Å². The SMILES string of the molecule is CCCCCOc1ccc2cc(C)ccc2c1.COCCC1CCC1. The molecule has 0 aliphatic heterocycles. The summed E-state index contributed by atoms with van der Waals surface area (Å²) < 4.78 is 10.7. The molecule has 25 heavy (non-hydrogen) atoms. The van der Waals surface area contributed by atoms with Gasteiger partial charge in [-0.05, 0) is 48.6 Å². The van der Waals surface area contributed by atoms with Crippen LogP contribution in [0.2, 0.25) is 0 Å². The monoisotopic (exact) mass is 342 g/mol. The molecule has 3 rings (SSSR count). The maximum Gasteiger partial charge on any atom is 0.119 e. The summed E-state index contributed by atoms with van der Waals surface area (Å²) in [6.45, 7) is 6.11. The van der Waals surface area contributed by atoms with Crippen LogP contribution in [0.1, 0.15) is 57.4 Å². The van der Waals surface area contributed by atoms with E-state index >= 15 is 0 Å². The summed E-state index contributed by atoms with van der Waals surface area (Å²) in [6, 6.07) is 12.8. The molecule has 1 fully saturated rings. The van der Waals surface area contributed by atoms with E-state index in [1.165, 1.54) is 54.9 Å². The van der Waals surface area contributed by atoms with Gasteiger partial charge in [0.2, 0.25) is 0 Å². The Hall–Kier alpha value is -1.54. The third-order valence-corrected chi connectivity index (χ3v) is 4.94. The molecule has 2 aromatic rings. The number of hydrogen-bond donors (Lipinski definition) is 0. The molecule has 0 N–H and O–H groups in total. The summed E-state index contributed by atoms with van der Waals surface area (Å²) in [5, 5.41) is 2.54. The topological polar surface area (TPSA) is 18.5 Å². The van der Waals surface area contributed by atoms with E-state index in [0.717, 1.165) is 31.3 Å². The minimum Gasteiger partial charge on any atom is -0.494 e. The van der Waals surface area contributed by atoms with E-state index in [1.807, 2.05) is 0 Å². The first kappa shape index (κ1) is 19.8. The van der Waals surface area contributed by atoms with Crippen molar-refractivity contribution in [3.8, 4) is 5.75 Å². The molecule has 0 amide bonds. The third-order valence-electron chi connectivity index (χ3n) is 4.94. The molecular weight excluding hydrogens is 308 g/mol. The predicted octanol–water partition coefficient (Wildman–Crippen LogP) is 6.54. The Morgan fingerprint density at radius 2 is 1.72 bits per heavy atom. The van der Waals surface area contributed by atoms with Crippen molar-refractivity contribution in [1.82, 2.24) is 0 Å². The second-order valence-electron chi connectivity index (χ2n) is 7.15. The number of rotatable bonds is 8. The van der Waals surface area contributed by atoms with Gasteiger partial charge in [0.05, 0.1) is 6.61 Å². The van der Waals surface area contributed by atoms with Crippen LogP contribution in [-0.2, 0) is 4.74 Å². The van der Waals surface area contributed by atoms with Crippen LogP contribution in [0.4, 0.5) is 0 Å². The van der Waals surface area contributed by atoms with Crippen molar-refractivity contribution >= 4 is 10.8 Å². The molecule has 2 nitrogen and oxygen atoms in total. The van der Waals surface area contributed by atoms with E-state index in [-0.39, 0.29) is 0 Å². The third kappa shape index (κ3) is 7.07. The van der Waals surface area contributed by atoms with Gasteiger partial charge in [-0.3, -0.25) is 0 Å². The van der Waals surface area contributed by atoms with Gasteiger partial charge >= 0.3 is 0 Å². The lowest BCUT2D eigenvalue weighted by Crippen LogP contribution is -2.12. The zero-order valence-corrected chi connectivity index (χ0v) is 16.2. The molecule has 2 heteroatoms. The van der Waals surface area contributed by atoms with Gasteiger partial charge in [-0.2, -0.15) is 0 Å². The summed E-state index contributed by atoms with van der Waals surface area (Å²) >= 11 is 0. The Kier molecular flexibility index (Phi) is 8.82. The fraction of sp³-hybridized carbons (Fsp3) is 0.565. The molecule has 1 saturated carbocycles. The highest BCUT2D eigenvalue weighted by atomic mass is 16.5. The number of fused-ring (bicyclic) bond motifs is 1. The van der Waals surface area contributed by atoms with Crippen molar-refractivity contribution in [2.24, 2.45) is 5.92 Å². The van der Waals surface area contributed by atoms with Crippen molar-refractivity contribution in [2.45, 2.75) is 58.8 Å². The molecule has 0 aromatic heterocycles. The van der Waals surface area contributed by atoms with Crippen LogP contribution in [0.15, 0.2) is 36.4 Å². The molecule has 1 aliphatic carbocycles. The zero-order chi connectivity index (χ0) is 17.9.